The van der Waals surface area contributed by atoms with Crippen LogP contribution in [0.2, 0.25) is 0 Å². The fraction of sp³-hybridized carbons (Fsp3) is 0.391. The third-order valence-electron chi connectivity index (χ3n) is 12.1. The zero-order valence-corrected chi connectivity index (χ0v) is 38.2. The number of ether oxygens (including phenoxy) is 2. The SMILES string of the molecule is CCCS(=O)(=O)Nc1ccc(F)c(-n2cc(-c3cncnc3)c3nc(N(C)C4CCN(C(=O)CCOCCOCCNc5cccc6c5C(=O)N(C5CCC(=O)NC5=O)C6=O)CC4)ccc32)c1F. The van der Waals surface area contributed by atoms with E-state index in [-0.39, 0.29) is 80.2 Å². The number of carbonyl (C=O) groups excluding carboxylic acids is 5. The predicted molar refractivity (Wildman–Crippen MR) is 246 cm³/mol. The molecule has 0 bridgehead atoms. The topological polar surface area (TPSA) is 227 Å². The molecule has 19 nitrogen and oxygen atoms in total. The van der Waals surface area contributed by atoms with Gasteiger partial charge in [-0.15, -0.1) is 0 Å². The number of hydrogen-bond acceptors (Lipinski definition) is 14. The van der Waals surface area contributed by atoms with Gasteiger partial charge in [0.1, 0.15) is 29.7 Å². The maximum Gasteiger partial charge on any atom is 0.264 e. The smallest absolute Gasteiger partial charge is 0.264 e. The van der Waals surface area contributed by atoms with Gasteiger partial charge in [-0.3, -0.25) is 38.9 Å². The molecular weight excluding hydrogens is 907 g/mol. The number of pyridine rings is 1. The first-order chi connectivity index (χ1) is 32.8. The number of likely N-dealkylation sites (tertiary alicyclic amines) is 1. The number of carbonyl (C=O) groups is 5. The van der Waals surface area contributed by atoms with Crippen molar-refractivity contribution < 1.29 is 50.6 Å². The Hall–Kier alpha value is -6.91. The number of sulfonamides is 1. The van der Waals surface area contributed by atoms with Crippen LogP contribution < -0.4 is 20.3 Å². The van der Waals surface area contributed by atoms with Crippen LogP contribution in [0, 0.1) is 11.6 Å². The third-order valence-corrected chi connectivity index (χ3v) is 13.6. The summed E-state index contributed by atoms with van der Waals surface area (Å²) in [5, 5.41) is 5.31. The first-order valence-electron chi connectivity index (χ1n) is 22.3. The highest BCUT2D eigenvalue weighted by atomic mass is 32.2. The summed E-state index contributed by atoms with van der Waals surface area (Å²) in [5.74, 6) is -3.96. The highest BCUT2D eigenvalue weighted by Crippen LogP contribution is 2.37. The van der Waals surface area contributed by atoms with E-state index in [2.05, 4.69) is 25.3 Å². The van der Waals surface area contributed by atoms with Crippen molar-refractivity contribution in [2.24, 2.45) is 0 Å². The molecule has 0 saturated carbocycles. The number of nitrogens with one attached hydrogen (secondary N) is 3. The second kappa shape index (κ2) is 20.5. The Labute approximate surface area is 390 Å². The summed E-state index contributed by atoms with van der Waals surface area (Å²) in [6.07, 6.45) is 7.95. The second-order valence-corrected chi connectivity index (χ2v) is 18.4. The molecule has 2 aromatic carbocycles. The Morgan fingerprint density at radius 2 is 1.66 bits per heavy atom. The standard InChI is InChI=1S/C46H50F2N10O9S/c1-3-23-68(64,65)54-34-8-7-32(47)43(41(34)48)57-26-31(28-24-49-27-50-25-28)42-35(57)9-11-37(52-42)55(2)29-13-17-56(18-14-29)39(60)15-19-66-21-22-67-20-16-51-33-6-4-5-30-40(33)46(63)58(45(30)62)36-10-12-38(59)53-44(36)61/h4-9,11,24-27,29,36,51,54H,3,10,12-23H2,1-2H3,(H,53,59,61). The molecule has 68 heavy (non-hydrogen) atoms. The van der Waals surface area contributed by atoms with Crippen molar-refractivity contribution in [3.05, 3.63) is 90.1 Å². The van der Waals surface area contributed by atoms with Crippen LogP contribution >= 0.6 is 0 Å². The summed E-state index contributed by atoms with van der Waals surface area (Å²) in [4.78, 5) is 81.5. The minimum atomic E-state index is -3.87. The summed E-state index contributed by atoms with van der Waals surface area (Å²) >= 11 is 0. The Morgan fingerprint density at radius 3 is 2.40 bits per heavy atom. The molecule has 22 heteroatoms. The van der Waals surface area contributed by atoms with Gasteiger partial charge in [0.15, 0.2) is 5.82 Å². The first-order valence-corrected chi connectivity index (χ1v) is 23.9. The van der Waals surface area contributed by atoms with E-state index in [0.29, 0.717) is 72.6 Å². The van der Waals surface area contributed by atoms with E-state index >= 15 is 8.78 Å². The number of nitrogens with zero attached hydrogens (tertiary/aromatic N) is 7. The Balaban J connectivity index is 0.802. The Morgan fingerprint density at radius 1 is 0.912 bits per heavy atom. The molecule has 3 N–H and O–H groups in total. The molecule has 2 saturated heterocycles. The minimum absolute atomic E-state index is 0.0264. The van der Waals surface area contributed by atoms with Crippen LogP contribution in [0.15, 0.2) is 67.4 Å². The van der Waals surface area contributed by atoms with Crippen molar-refractivity contribution in [1.29, 1.82) is 0 Å². The van der Waals surface area contributed by atoms with Crippen LogP contribution in [0.4, 0.5) is 26.0 Å². The lowest BCUT2D eigenvalue weighted by molar-refractivity contribution is -0.136. The molecule has 0 aliphatic carbocycles. The number of benzene rings is 2. The van der Waals surface area contributed by atoms with Crippen LogP contribution in [0.3, 0.4) is 0 Å². The maximum absolute atomic E-state index is 16.1. The predicted octanol–water partition coefficient (Wildman–Crippen LogP) is 4.28. The van der Waals surface area contributed by atoms with Gasteiger partial charge in [0.25, 0.3) is 11.8 Å². The largest absolute Gasteiger partial charge is 0.382 e. The van der Waals surface area contributed by atoms with E-state index in [1.807, 2.05) is 16.8 Å². The van der Waals surface area contributed by atoms with Crippen molar-refractivity contribution in [3.63, 3.8) is 0 Å². The molecule has 3 aromatic heterocycles. The number of rotatable bonds is 19. The van der Waals surface area contributed by atoms with Gasteiger partial charge < -0.3 is 29.2 Å². The van der Waals surface area contributed by atoms with Crippen LogP contribution in [0.25, 0.3) is 27.8 Å². The number of hydrogen-bond donors (Lipinski definition) is 3. The van der Waals surface area contributed by atoms with Gasteiger partial charge in [-0.1, -0.05) is 13.0 Å². The second-order valence-electron chi connectivity index (χ2n) is 16.6. The lowest BCUT2D eigenvalue weighted by Crippen LogP contribution is -2.54. The molecule has 1 unspecified atom stereocenters. The van der Waals surface area contributed by atoms with Crippen LogP contribution in [-0.2, 0) is 33.9 Å². The molecule has 6 heterocycles. The van der Waals surface area contributed by atoms with Gasteiger partial charge in [-0.05, 0) is 62.1 Å². The molecular formula is C46H50F2N10O9S. The van der Waals surface area contributed by atoms with Gasteiger partial charge >= 0.3 is 0 Å². The van der Waals surface area contributed by atoms with Gasteiger partial charge in [0.2, 0.25) is 27.7 Å². The third kappa shape index (κ3) is 10.0. The van der Waals surface area contributed by atoms with Gasteiger partial charge in [0, 0.05) is 74.5 Å². The van der Waals surface area contributed by atoms with Crippen molar-refractivity contribution >= 4 is 67.8 Å². The normalized spacial score (nSPS) is 16.6. The van der Waals surface area contributed by atoms with E-state index < -0.39 is 57.0 Å². The van der Waals surface area contributed by atoms with Crippen molar-refractivity contribution in [2.45, 2.75) is 57.5 Å². The number of aromatic nitrogens is 4. The molecule has 358 valence electrons. The summed E-state index contributed by atoms with van der Waals surface area (Å²) in [6.45, 7) is 4.02. The fourth-order valence-electron chi connectivity index (χ4n) is 8.70. The number of imide groups is 2. The number of anilines is 3. The molecule has 0 radical (unpaired) electrons. The number of amides is 5. The minimum Gasteiger partial charge on any atom is -0.382 e. The van der Waals surface area contributed by atoms with Crippen molar-refractivity contribution in [1.82, 2.24) is 34.6 Å². The van der Waals surface area contributed by atoms with E-state index in [0.717, 1.165) is 17.0 Å². The maximum atomic E-state index is 16.1. The zero-order valence-electron chi connectivity index (χ0n) is 37.4. The average Bonchev–Trinajstić information content (AvgIpc) is 3.82. The number of fused-ring (bicyclic) bond motifs is 2. The van der Waals surface area contributed by atoms with Crippen LogP contribution in [-0.4, -0.2) is 138 Å². The van der Waals surface area contributed by atoms with E-state index in [4.69, 9.17) is 14.5 Å². The van der Waals surface area contributed by atoms with Crippen molar-refractivity contribution in [3.8, 4) is 16.8 Å². The van der Waals surface area contributed by atoms with Crippen molar-refractivity contribution in [2.75, 3.05) is 73.8 Å². The number of piperidine rings is 2. The molecule has 1 atom stereocenters. The molecule has 8 rings (SSSR count). The molecule has 3 aliphatic rings. The lowest BCUT2D eigenvalue weighted by Gasteiger charge is -2.37. The quantitative estimate of drug-likeness (QED) is 0.0776. The highest BCUT2D eigenvalue weighted by Gasteiger charge is 2.45. The molecule has 5 aromatic rings. The summed E-state index contributed by atoms with van der Waals surface area (Å²) in [7, 11) is -1.96. The molecule has 2 fully saturated rings. The number of halogens is 2. The summed E-state index contributed by atoms with van der Waals surface area (Å²) < 4.78 is 71.5. The van der Waals surface area contributed by atoms with Crippen LogP contribution in [0.5, 0.6) is 0 Å². The van der Waals surface area contributed by atoms with Gasteiger partial charge in [-0.2, -0.15) is 0 Å². The highest BCUT2D eigenvalue weighted by molar-refractivity contribution is 7.92. The Kier molecular flexibility index (Phi) is 14.4. The molecule has 5 amide bonds. The van der Waals surface area contributed by atoms with E-state index in [1.54, 1.807) is 43.6 Å². The zero-order chi connectivity index (χ0) is 48.1. The van der Waals surface area contributed by atoms with Gasteiger partial charge in [-0.25, -0.2) is 32.2 Å². The monoisotopic (exact) mass is 956 g/mol. The Bertz CT molecular complexity index is 2860. The summed E-state index contributed by atoms with van der Waals surface area (Å²) in [6, 6.07) is 9.33. The first kappa shape index (κ1) is 47.6. The average molecular weight is 957 g/mol. The lowest BCUT2D eigenvalue weighted by atomic mass is 10.0. The molecule has 0 spiro atoms. The van der Waals surface area contributed by atoms with E-state index in [9.17, 15) is 32.4 Å². The van der Waals surface area contributed by atoms with Gasteiger partial charge in [0.05, 0.1) is 66.4 Å². The van der Waals surface area contributed by atoms with Crippen LogP contribution in [0.1, 0.15) is 66.2 Å². The molecule has 3 aliphatic heterocycles. The van der Waals surface area contributed by atoms with E-state index in [1.165, 1.54) is 23.2 Å². The summed E-state index contributed by atoms with van der Waals surface area (Å²) in [5.41, 5.74) is 1.76. The fourth-order valence-corrected chi connectivity index (χ4v) is 9.83.